The van der Waals surface area contributed by atoms with Gasteiger partial charge in [-0.15, -0.1) is 0 Å². The number of rotatable bonds is 1. The maximum Gasteiger partial charge on any atom is 0.139 e. The average Bonchev–Trinajstić information content (AvgIpc) is 2.79. The minimum atomic E-state index is 0.670. The quantitative estimate of drug-likeness (QED) is 0.725. The molecule has 0 atom stereocenters. The fraction of sp³-hybridized carbons (Fsp3) is 0.286. The lowest BCUT2D eigenvalue weighted by Gasteiger charge is -2.03. The van der Waals surface area contributed by atoms with Crippen LogP contribution in [0.4, 0.5) is 5.82 Å². The molecule has 0 spiro atoms. The van der Waals surface area contributed by atoms with E-state index in [1.165, 1.54) is 5.56 Å². The minimum Gasteiger partial charge on any atom is -0.383 e. The summed E-state index contributed by atoms with van der Waals surface area (Å²) in [6.07, 6.45) is 1.95. The number of hydrogen-bond acceptors (Lipinski definition) is 3. The first-order chi connectivity index (χ1) is 8.97. The van der Waals surface area contributed by atoms with Crippen LogP contribution >= 0.6 is 0 Å². The number of hydrogen-bond donors (Lipinski definition) is 1. The van der Waals surface area contributed by atoms with Crippen LogP contribution in [-0.4, -0.2) is 19.2 Å². The SMILES string of the molecule is Cc1cc(C)n2c(N)c(-c3cn(C)nc3C)nc2c1. The Labute approximate surface area is 111 Å². The average molecular weight is 255 g/mol. The maximum absolute atomic E-state index is 6.26. The lowest BCUT2D eigenvalue weighted by Crippen LogP contribution is -1.98. The van der Waals surface area contributed by atoms with Gasteiger partial charge < -0.3 is 5.73 Å². The summed E-state index contributed by atoms with van der Waals surface area (Å²) in [7, 11) is 1.90. The predicted molar refractivity (Wildman–Crippen MR) is 76.0 cm³/mol. The zero-order chi connectivity index (χ0) is 13.7. The summed E-state index contributed by atoms with van der Waals surface area (Å²) in [6, 6.07) is 4.14. The molecule has 0 fully saturated rings. The van der Waals surface area contributed by atoms with Gasteiger partial charge >= 0.3 is 0 Å². The van der Waals surface area contributed by atoms with Crippen LogP contribution in [0.5, 0.6) is 0 Å². The molecule has 0 radical (unpaired) electrons. The maximum atomic E-state index is 6.26. The van der Waals surface area contributed by atoms with Gasteiger partial charge in [-0.1, -0.05) is 0 Å². The van der Waals surface area contributed by atoms with Crippen molar-refractivity contribution in [2.45, 2.75) is 20.8 Å². The lowest BCUT2D eigenvalue weighted by atomic mass is 10.2. The van der Waals surface area contributed by atoms with Crippen LogP contribution in [0.3, 0.4) is 0 Å². The van der Waals surface area contributed by atoms with E-state index in [2.05, 4.69) is 23.1 Å². The van der Waals surface area contributed by atoms with Crippen molar-refractivity contribution in [3.8, 4) is 11.3 Å². The number of fused-ring (bicyclic) bond motifs is 1. The van der Waals surface area contributed by atoms with E-state index >= 15 is 0 Å². The molecule has 3 heterocycles. The molecule has 2 N–H and O–H groups in total. The zero-order valence-corrected chi connectivity index (χ0v) is 11.6. The fourth-order valence-corrected chi connectivity index (χ4v) is 2.59. The molecule has 0 aliphatic rings. The number of nitrogen functional groups attached to an aromatic ring is 1. The fourth-order valence-electron chi connectivity index (χ4n) is 2.59. The number of anilines is 1. The van der Waals surface area contributed by atoms with Crippen molar-refractivity contribution in [2.24, 2.45) is 7.05 Å². The third-order valence-electron chi connectivity index (χ3n) is 3.35. The highest BCUT2D eigenvalue weighted by molar-refractivity contribution is 5.76. The number of imidazole rings is 1. The summed E-state index contributed by atoms with van der Waals surface area (Å²) in [5, 5.41) is 4.35. The highest BCUT2D eigenvalue weighted by Crippen LogP contribution is 2.29. The Hall–Kier alpha value is -2.30. The predicted octanol–water partition coefficient (Wildman–Crippen LogP) is 2.24. The highest BCUT2D eigenvalue weighted by Gasteiger charge is 2.16. The second-order valence-corrected chi connectivity index (χ2v) is 5.02. The number of nitrogens with two attached hydrogens (primary N) is 1. The van der Waals surface area contributed by atoms with E-state index in [-0.39, 0.29) is 0 Å². The van der Waals surface area contributed by atoms with Gasteiger partial charge in [0, 0.05) is 24.5 Å². The van der Waals surface area contributed by atoms with E-state index in [1.807, 2.05) is 37.6 Å². The molecule has 19 heavy (non-hydrogen) atoms. The van der Waals surface area contributed by atoms with Crippen molar-refractivity contribution >= 4 is 11.5 Å². The molecule has 5 heteroatoms. The van der Waals surface area contributed by atoms with Crippen LogP contribution in [-0.2, 0) is 7.05 Å². The van der Waals surface area contributed by atoms with Crippen LogP contribution in [0.15, 0.2) is 18.3 Å². The molecule has 0 aliphatic carbocycles. The molecule has 3 aromatic rings. The van der Waals surface area contributed by atoms with E-state index in [0.29, 0.717) is 5.82 Å². The van der Waals surface area contributed by atoms with Gasteiger partial charge in [0.25, 0.3) is 0 Å². The summed E-state index contributed by atoms with van der Waals surface area (Å²) in [5.74, 6) is 0.670. The van der Waals surface area contributed by atoms with Crippen LogP contribution in [0.2, 0.25) is 0 Å². The topological polar surface area (TPSA) is 61.1 Å². The van der Waals surface area contributed by atoms with Gasteiger partial charge in [0.05, 0.1) is 5.69 Å². The molecule has 0 aliphatic heterocycles. The second-order valence-electron chi connectivity index (χ2n) is 5.02. The number of nitrogens with zero attached hydrogens (tertiary/aromatic N) is 4. The Bertz CT molecular complexity index is 779. The second kappa shape index (κ2) is 3.85. The molecule has 0 amide bonds. The Kier molecular flexibility index (Phi) is 2.38. The lowest BCUT2D eigenvalue weighted by molar-refractivity contribution is 0.756. The van der Waals surface area contributed by atoms with Gasteiger partial charge in [-0.2, -0.15) is 5.10 Å². The zero-order valence-electron chi connectivity index (χ0n) is 11.6. The van der Waals surface area contributed by atoms with Crippen molar-refractivity contribution in [1.82, 2.24) is 19.2 Å². The molecule has 3 rings (SSSR count). The van der Waals surface area contributed by atoms with E-state index in [4.69, 9.17) is 5.73 Å². The Morgan fingerprint density at radius 1 is 1.16 bits per heavy atom. The first-order valence-corrected chi connectivity index (χ1v) is 6.23. The molecule has 0 aromatic carbocycles. The van der Waals surface area contributed by atoms with Gasteiger partial charge in [0.2, 0.25) is 0 Å². The molecular weight excluding hydrogens is 238 g/mol. The van der Waals surface area contributed by atoms with Crippen LogP contribution in [0.1, 0.15) is 17.0 Å². The van der Waals surface area contributed by atoms with Gasteiger partial charge in [0.1, 0.15) is 17.2 Å². The molecule has 0 saturated heterocycles. The summed E-state index contributed by atoms with van der Waals surface area (Å²) in [4.78, 5) is 4.66. The summed E-state index contributed by atoms with van der Waals surface area (Å²) in [6.45, 7) is 6.07. The first kappa shape index (κ1) is 11.8. The minimum absolute atomic E-state index is 0.670. The van der Waals surface area contributed by atoms with Crippen LogP contribution in [0.25, 0.3) is 16.9 Å². The van der Waals surface area contributed by atoms with E-state index < -0.39 is 0 Å². The van der Waals surface area contributed by atoms with Crippen molar-refractivity contribution in [2.75, 3.05) is 5.73 Å². The highest BCUT2D eigenvalue weighted by atomic mass is 15.3. The van der Waals surface area contributed by atoms with E-state index in [0.717, 1.165) is 28.3 Å². The van der Waals surface area contributed by atoms with Gasteiger partial charge in [-0.05, 0) is 38.5 Å². The third-order valence-corrected chi connectivity index (χ3v) is 3.35. The molecule has 0 unspecified atom stereocenters. The number of aromatic nitrogens is 4. The monoisotopic (exact) mass is 255 g/mol. The molecule has 5 nitrogen and oxygen atoms in total. The number of aryl methyl sites for hydroxylation is 4. The van der Waals surface area contributed by atoms with Gasteiger partial charge in [-0.25, -0.2) is 4.98 Å². The van der Waals surface area contributed by atoms with E-state index in [9.17, 15) is 0 Å². The van der Waals surface area contributed by atoms with E-state index in [1.54, 1.807) is 4.68 Å². The molecule has 0 bridgehead atoms. The van der Waals surface area contributed by atoms with Crippen LogP contribution < -0.4 is 5.73 Å². The van der Waals surface area contributed by atoms with Gasteiger partial charge in [-0.3, -0.25) is 9.08 Å². The standard InChI is InChI=1S/C14H17N5/c1-8-5-9(2)19-12(6-8)16-13(14(19)15)11-7-18(4)17-10(11)3/h5-7H,15H2,1-4H3. The molecule has 0 saturated carbocycles. The Morgan fingerprint density at radius 2 is 1.89 bits per heavy atom. The van der Waals surface area contributed by atoms with Crippen molar-refractivity contribution < 1.29 is 0 Å². The van der Waals surface area contributed by atoms with Gasteiger partial charge in [0.15, 0.2) is 0 Å². The van der Waals surface area contributed by atoms with Crippen molar-refractivity contribution in [3.05, 3.63) is 35.3 Å². The summed E-state index contributed by atoms with van der Waals surface area (Å²) >= 11 is 0. The third kappa shape index (κ3) is 1.69. The largest absolute Gasteiger partial charge is 0.383 e. The van der Waals surface area contributed by atoms with Crippen molar-refractivity contribution in [3.63, 3.8) is 0 Å². The number of pyridine rings is 1. The normalized spacial score (nSPS) is 11.4. The molecule has 3 aromatic heterocycles. The molecule has 98 valence electrons. The smallest absolute Gasteiger partial charge is 0.139 e. The summed E-state index contributed by atoms with van der Waals surface area (Å²) in [5.41, 5.74) is 12.2. The first-order valence-electron chi connectivity index (χ1n) is 6.23. The Balaban J connectivity index is 2.34. The molecular formula is C14H17N5. The van der Waals surface area contributed by atoms with Crippen molar-refractivity contribution in [1.29, 1.82) is 0 Å². The summed E-state index contributed by atoms with van der Waals surface area (Å²) < 4.78 is 3.76. The Morgan fingerprint density at radius 3 is 2.53 bits per heavy atom. The van der Waals surface area contributed by atoms with Crippen LogP contribution in [0, 0.1) is 20.8 Å².